The highest BCUT2D eigenvalue weighted by Crippen LogP contribution is 2.28. The molecule has 94 valence electrons. The molecule has 0 bridgehead atoms. The van der Waals surface area contributed by atoms with Crippen LogP contribution in [-0.2, 0) is 6.42 Å². The van der Waals surface area contributed by atoms with Crippen LogP contribution >= 0.6 is 23.2 Å². The van der Waals surface area contributed by atoms with Gasteiger partial charge in [-0.05, 0) is 30.0 Å². The van der Waals surface area contributed by atoms with Crippen LogP contribution in [0.15, 0.2) is 18.2 Å². The molecule has 0 N–H and O–H groups in total. The molecule has 0 nitrogen and oxygen atoms in total. The predicted octanol–water partition coefficient (Wildman–Crippen LogP) is 5.90. The lowest BCUT2D eigenvalue weighted by Crippen LogP contribution is -2.07. The highest BCUT2D eigenvalue weighted by Gasteiger charge is 2.12. The number of rotatable bonds is 2. The molecule has 1 saturated carbocycles. The fourth-order valence-corrected chi connectivity index (χ4v) is 3.07. The molecule has 0 aromatic heterocycles. The molecular formula is C15H20Cl2. The maximum absolute atomic E-state index is 6.06. The van der Waals surface area contributed by atoms with Crippen LogP contribution in [0.3, 0.4) is 0 Å². The van der Waals surface area contributed by atoms with Crippen LogP contribution < -0.4 is 0 Å². The van der Waals surface area contributed by atoms with Gasteiger partial charge in [-0.2, -0.15) is 0 Å². The van der Waals surface area contributed by atoms with Gasteiger partial charge in [0, 0.05) is 0 Å². The van der Waals surface area contributed by atoms with Gasteiger partial charge >= 0.3 is 0 Å². The van der Waals surface area contributed by atoms with Gasteiger partial charge in [0.1, 0.15) is 0 Å². The number of hydrogen-bond acceptors (Lipinski definition) is 0. The number of hydrogen-bond donors (Lipinski definition) is 0. The molecule has 0 amide bonds. The van der Waals surface area contributed by atoms with E-state index in [0.29, 0.717) is 10.0 Å². The molecule has 2 heteroatoms. The second kappa shape index (κ2) is 6.66. The predicted molar refractivity (Wildman–Crippen MR) is 76.0 cm³/mol. The Morgan fingerprint density at radius 3 is 2.18 bits per heavy atom. The molecule has 2 rings (SSSR count). The summed E-state index contributed by atoms with van der Waals surface area (Å²) in [6.07, 6.45) is 11.0. The van der Waals surface area contributed by atoms with E-state index in [1.165, 1.54) is 50.5 Å². The normalized spacial score (nSPS) is 18.7. The average molecular weight is 271 g/mol. The minimum Gasteiger partial charge on any atom is -0.0827 e. The van der Waals surface area contributed by atoms with Crippen molar-refractivity contribution < 1.29 is 0 Å². The fraction of sp³-hybridized carbons (Fsp3) is 0.600. The number of halogens is 2. The minimum absolute atomic E-state index is 0.660. The van der Waals surface area contributed by atoms with E-state index in [0.717, 1.165) is 12.3 Å². The molecule has 1 aliphatic rings. The number of benzene rings is 1. The third kappa shape index (κ3) is 4.19. The van der Waals surface area contributed by atoms with Gasteiger partial charge in [0.05, 0.1) is 10.0 Å². The summed E-state index contributed by atoms with van der Waals surface area (Å²) in [5.74, 6) is 0.840. The molecular weight excluding hydrogens is 251 g/mol. The van der Waals surface area contributed by atoms with Gasteiger partial charge in [0.25, 0.3) is 0 Å². The first-order valence-electron chi connectivity index (χ1n) is 6.69. The SMILES string of the molecule is Clc1ccc(CC2CCCCCCC2)cc1Cl. The van der Waals surface area contributed by atoms with Gasteiger partial charge in [0.2, 0.25) is 0 Å². The Kier molecular flexibility index (Phi) is 5.18. The topological polar surface area (TPSA) is 0 Å². The Labute approximate surface area is 114 Å². The molecule has 1 aromatic rings. The van der Waals surface area contributed by atoms with Crippen molar-refractivity contribution in [2.75, 3.05) is 0 Å². The summed E-state index contributed by atoms with van der Waals surface area (Å²) in [5, 5.41) is 1.35. The monoisotopic (exact) mass is 270 g/mol. The van der Waals surface area contributed by atoms with Crippen LogP contribution in [-0.4, -0.2) is 0 Å². The molecule has 1 aliphatic carbocycles. The molecule has 17 heavy (non-hydrogen) atoms. The Balaban J connectivity index is 1.95. The van der Waals surface area contributed by atoms with Gasteiger partial charge in [-0.25, -0.2) is 0 Å². The smallest absolute Gasteiger partial charge is 0.0595 e. The van der Waals surface area contributed by atoms with Gasteiger partial charge in [-0.3, -0.25) is 0 Å². The first-order valence-corrected chi connectivity index (χ1v) is 7.45. The Bertz CT molecular complexity index is 352. The first-order chi connectivity index (χ1) is 8.25. The maximum atomic E-state index is 6.06. The van der Waals surface area contributed by atoms with Crippen molar-refractivity contribution in [3.05, 3.63) is 33.8 Å². The highest BCUT2D eigenvalue weighted by molar-refractivity contribution is 6.42. The zero-order chi connectivity index (χ0) is 12.1. The molecule has 0 radical (unpaired) electrons. The molecule has 0 aliphatic heterocycles. The lowest BCUT2D eigenvalue weighted by atomic mass is 9.87. The zero-order valence-corrected chi connectivity index (χ0v) is 11.7. The second-order valence-electron chi connectivity index (χ2n) is 5.16. The summed E-state index contributed by atoms with van der Waals surface area (Å²) in [5.41, 5.74) is 1.34. The van der Waals surface area contributed by atoms with Gasteiger partial charge < -0.3 is 0 Å². The first kappa shape index (κ1) is 13.2. The van der Waals surface area contributed by atoms with Crippen LogP contribution in [0.1, 0.15) is 50.5 Å². The Morgan fingerprint density at radius 1 is 0.882 bits per heavy atom. The third-order valence-electron chi connectivity index (χ3n) is 3.73. The van der Waals surface area contributed by atoms with Crippen molar-refractivity contribution in [1.82, 2.24) is 0 Å². The summed E-state index contributed by atoms with van der Waals surface area (Å²) >= 11 is 12.0. The Morgan fingerprint density at radius 2 is 1.53 bits per heavy atom. The van der Waals surface area contributed by atoms with Crippen LogP contribution in [0, 0.1) is 5.92 Å². The summed E-state index contributed by atoms with van der Waals surface area (Å²) < 4.78 is 0. The summed E-state index contributed by atoms with van der Waals surface area (Å²) in [6, 6.07) is 6.07. The minimum atomic E-state index is 0.660. The van der Waals surface area contributed by atoms with E-state index in [1.807, 2.05) is 12.1 Å². The van der Waals surface area contributed by atoms with Gasteiger partial charge in [-0.15, -0.1) is 0 Å². The molecule has 0 unspecified atom stereocenters. The van der Waals surface area contributed by atoms with Crippen LogP contribution in [0.4, 0.5) is 0 Å². The van der Waals surface area contributed by atoms with Gasteiger partial charge in [-0.1, -0.05) is 74.2 Å². The third-order valence-corrected chi connectivity index (χ3v) is 4.47. The average Bonchev–Trinajstić information content (AvgIpc) is 2.27. The zero-order valence-electron chi connectivity index (χ0n) is 10.2. The quantitative estimate of drug-likeness (QED) is 0.628. The van der Waals surface area contributed by atoms with Crippen molar-refractivity contribution in [3.8, 4) is 0 Å². The van der Waals surface area contributed by atoms with Crippen molar-refractivity contribution in [2.45, 2.75) is 51.4 Å². The largest absolute Gasteiger partial charge is 0.0827 e. The van der Waals surface area contributed by atoms with E-state index < -0.39 is 0 Å². The molecule has 0 saturated heterocycles. The van der Waals surface area contributed by atoms with Crippen molar-refractivity contribution in [3.63, 3.8) is 0 Å². The second-order valence-corrected chi connectivity index (χ2v) is 5.98. The molecule has 0 spiro atoms. The molecule has 0 heterocycles. The van der Waals surface area contributed by atoms with Crippen molar-refractivity contribution in [2.24, 2.45) is 5.92 Å². The lowest BCUT2D eigenvalue weighted by molar-refractivity contribution is 0.376. The van der Waals surface area contributed by atoms with E-state index in [2.05, 4.69) is 6.07 Å². The standard InChI is InChI=1S/C15H20Cl2/c16-14-9-8-13(11-15(14)17)10-12-6-4-2-1-3-5-7-12/h8-9,11-12H,1-7,10H2. The summed E-state index contributed by atoms with van der Waals surface area (Å²) in [7, 11) is 0. The van der Waals surface area contributed by atoms with E-state index >= 15 is 0 Å². The van der Waals surface area contributed by atoms with Crippen molar-refractivity contribution in [1.29, 1.82) is 0 Å². The van der Waals surface area contributed by atoms with Crippen LogP contribution in [0.5, 0.6) is 0 Å². The maximum Gasteiger partial charge on any atom is 0.0595 e. The lowest BCUT2D eigenvalue weighted by Gasteiger charge is -2.19. The van der Waals surface area contributed by atoms with E-state index in [1.54, 1.807) is 0 Å². The molecule has 0 atom stereocenters. The molecule has 1 fully saturated rings. The Hall–Kier alpha value is -0.200. The van der Waals surface area contributed by atoms with Crippen LogP contribution in [0.2, 0.25) is 10.0 Å². The van der Waals surface area contributed by atoms with E-state index in [9.17, 15) is 0 Å². The van der Waals surface area contributed by atoms with Crippen LogP contribution in [0.25, 0.3) is 0 Å². The van der Waals surface area contributed by atoms with E-state index in [4.69, 9.17) is 23.2 Å². The van der Waals surface area contributed by atoms with E-state index in [-0.39, 0.29) is 0 Å². The van der Waals surface area contributed by atoms with Gasteiger partial charge in [0.15, 0.2) is 0 Å². The summed E-state index contributed by atoms with van der Waals surface area (Å²) in [6.45, 7) is 0. The summed E-state index contributed by atoms with van der Waals surface area (Å²) in [4.78, 5) is 0. The molecule has 1 aromatic carbocycles. The fourth-order valence-electron chi connectivity index (χ4n) is 2.74. The highest BCUT2D eigenvalue weighted by atomic mass is 35.5. The van der Waals surface area contributed by atoms with Crippen molar-refractivity contribution >= 4 is 23.2 Å².